The van der Waals surface area contributed by atoms with E-state index < -0.39 is 16.6 Å². The summed E-state index contributed by atoms with van der Waals surface area (Å²) in [7, 11) is 0. The number of anilines is 1. The number of benzene rings is 3. The van der Waals surface area contributed by atoms with Crippen LogP contribution in [0.25, 0.3) is 16.6 Å². The molecule has 1 amide bonds. The van der Waals surface area contributed by atoms with Crippen molar-refractivity contribution < 1.29 is 14.1 Å². The first-order valence-corrected chi connectivity index (χ1v) is 11.3. The third-order valence-corrected chi connectivity index (χ3v) is 6.27. The molecule has 34 heavy (non-hydrogen) atoms. The lowest BCUT2D eigenvalue weighted by atomic mass is 10.2. The number of non-ortho nitro benzene ring substituents is 1. The van der Waals surface area contributed by atoms with Gasteiger partial charge in [0.15, 0.2) is 5.16 Å². The van der Waals surface area contributed by atoms with Crippen molar-refractivity contribution in [2.24, 2.45) is 0 Å². The number of aromatic nitrogens is 2. The lowest BCUT2D eigenvalue weighted by Crippen LogP contribution is -2.23. The van der Waals surface area contributed by atoms with Gasteiger partial charge in [0.25, 0.3) is 11.2 Å². The van der Waals surface area contributed by atoms with Gasteiger partial charge in [-0.15, -0.1) is 0 Å². The fraction of sp³-hybridized carbons (Fsp3) is 0.0870. The van der Waals surface area contributed by atoms with Crippen LogP contribution in [0.5, 0.6) is 0 Å². The highest BCUT2D eigenvalue weighted by Crippen LogP contribution is 2.26. The number of carbonyl (C=O) groups excluding carboxylic acids is 1. The van der Waals surface area contributed by atoms with Crippen molar-refractivity contribution in [2.75, 3.05) is 11.1 Å². The fourth-order valence-electron chi connectivity index (χ4n) is 3.20. The second-order valence-electron chi connectivity index (χ2n) is 7.24. The summed E-state index contributed by atoms with van der Waals surface area (Å²) < 4.78 is 15.4. The molecule has 11 heteroatoms. The number of fused-ring (bicyclic) bond motifs is 1. The maximum Gasteiger partial charge on any atom is 0.271 e. The quantitative estimate of drug-likeness (QED) is 0.171. The van der Waals surface area contributed by atoms with Gasteiger partial charge in [-0.1, -0.05) is 41.6 Å². The van der Waals surface area contributed by atoms with E-state index in [1.165, 1.54) is 4.57 Å². The molecule has 0 bridgehead atoms. The summed E-state index contributed by atoms with van der Waals surface area (Å²) in [5, 5.41) is 14.4. The van der Waals surface area contributed by atoms with Gasteiger partial charge in [0.05, 0.1) is 33.0 Å². The van der Waals surface area contributed by atoms with E-state index in [4.69, 9.17) is 11.6 Å². The maximum absolute atomic E-state index is 14.0. The normalized spacial score (nSPS) is 10.9. The predicted octanol–water partition coefficient (Wildman–Crippen LogP) is 5.13. The van der Waals surface area contributed by atoms with E-state index >= 15 is 0 Å². The summed E-state index contributed by atoms with van der Waals surface area (Å²) in [6, 6.07) is 14.8. The molecule has 0 aliphatic carbocycles. The highest BCUT2D eigenvalue weighted by Gasteiger charge is 2.17. The number of nitrogens with zero attached hydrogens (tertiary/aromatic N) is 3. The minimum absolute atomic E-state index is 0.230. The lowest BCUT2D eigenvalue weighted by molar-refractivity contribution is -0.384. The largest absolute Gasteiger partial charge is 0.323 e. The molecule has 0 saturated heterocycles. The van der Waals surface area contributed by atoms with E-state index in [2.05, 4.69) is 10.3 Å². The summed E-state index contributed by atoms with van der Waals surface area (Å²) in [6.45, 7) is 1.83. The highest BCUT2D eigenvalue weighted by atomic mass is 35.5. The van der Waals surface area contributed by atoms with E-state index in [1.54, 1.807) is 42.5 Å². The molecular formula is C23H16ClFN4O4S. The van der Waals surface area contributed by atoms with Crippen LogP contribution in [0, 0.1) is 22.9 Å². The molecule has 8 nitrogen and oxygen atoms in total. The number of hydrogen-bond acceptors (Lipinski definition) is 6. The Morgan fingerprint density at radius 2 is 1.97 bits per heavy atom. The Morgan fingerprint density at radius 3 is 2.71 bits per heavy atom. The standard InChI is InChI=1S/C23H16ClFN4O4S/c1-13-6-7-14(10-17(13)24)28-22(31)16-4-2-3-5-19(16)27-23(28)34-12-21(30)26-20-11-15(29(32)33)8-9-18(20)25/h2-11H,12H2,1H3,(H,26,30). The second kappa shape index (κ2) is 9.62. The average Bonchev–Trinajstić information content (AvgIpc) is 2.81. The van der Waals surface area contributed by atoms with Gasteiger partial charge in [0, 0.05) is 17.2 Å². The van der Waals surface area contributed by atoms with Gasteiger partial charge in [-0.05, 0) is 42.8 Å². The van der Waals surface area contributed by atoms with Crippen molar-refractivity contribution in [3.8, 4) is 5.69 Å². The zero-order chi connectivity index (χ0) is 24.4. The number of halogens is 2. The molecule has 0 fully saturated rings. The molecule has 1 N–H and O–H groups in total. The molecule has 0 radical (unpaired) electrons. The number of hydrogen-bond donors (Lipinski definition) is 1. The molecule has 3 aromatic carbocycles. The monoisotopic (exact) mass is 498 g/mol. The molecule has 0 spiro atoms. The van der Waals surface area contributed by atoms with Crippen molar-refractivity contribution >= 4 is 51.5 Å². The number of nitrogens with one attached hydrogen (secondary N) is 1. The average molecular weight is 499 g/mol. The van der Waals surface area contributed by atoms with Crippen molar-refractivity contribution in [3.05, 3.63) is 97.5 Å². The van der Waals surface area contributed by atoms with Crippen LogP contribution in [-0.2, 0) is 4.79 Å². The minimum atomic E-state index is -0.806. The zero-order valence-electron chi connectivity index (χ0n) is 17.6. The Hall–Kier alpha value is -3.76. The van der Waals surface area contributed by atoms with Gasteiger partial charge >= 0.3 is 0 Å². The Bertz CT molecular complexity index is 1510. The fourth-order valence-corrected chi connectivity index (χ4v) is 4.18. The third-order valence-electron chi connectivity index (χ3n) is 4.93. The van der Waals surface area contributed by atoms with Crippen LogP contribution >= 0.6 is 23.4 Å². The minimum Gasteiger partial charge on any atom is -0.323 e. The van der Waals surface area contributed by atoms with Crippen LogP contribution in [0.1, 0.15) is 5.56 Å². The molecule has 1 aromatic heterocycles. The molecule has 0 aliphatic rings. The molecule has 4 aromatic rings. The summed E-state index contributed by atoms with van der Waals surface area (Å²) >= 11 is 7.23. The van der Waals surface area contributed by atoms with Crippen LogP contribution in [0.3, 0.4) is 0 Å². The summed E-state index contributed by atoms with van der Waals surface area (Å²) in [5.41, 5.74) is 0.763. The van der Waals surface area contributed by atoms with E-state index in [9.17, 15) is 24.1 Å². The molecule has 0 saturated carbocycles. The third kappa shape index (κ3) is 4.78. The van der Waals surface area contributed by atoms with Crippen LogP contribution in [0.15, 0.2) is 70.6 Å². The number of carbonyl (C=O) groups is 1. The SMILES string of the molecule is Cc1ccc(-n2c(SCC(=O)Nc3cc([N+](=O)[O-])ccc3F)nc3ccccc3c2=O)cc1Cl. The summed E-state index contributed by atoms with van der Waals surface area (Å²) in [4.78, 5) is 40.6. The smallest absolute Gasteiger partial charge is 0.271 e. The van der Waals surface area contributed by atoms with Gasteiger partial charge in [-0.25, -0.2) is 9.37 Å². The van der Waals surface area contributed by atoms with Gasteiger partial charge in [-0.2, -0.15) is 0 Å². The number of nitro groups is 1. The molecule has 4 rings (SSSR count). The Kier molecular flexibility index (Phi) is 6.62. The van der Waals surface area contributed by atoms with E-state index in [0.29, 0.717) is 21.6 Å². The number of nitro benzene ring substituents is 1. The van der Waals surface area contributed by atoms with Crippen molar-refractivity contribution in [3.63, 3.8) is 0 Å². The second-order valence-corrected chi connectivity index (χ2v) is 8.59. The first-order valence-electron chi connectivity index (χ1n) is 9.89. The number of thioether (sulfide) groups is 1. The predicted molar refractivity (Wildman–Crippen MR) is 129 cm³/mol. The Labute approximate surface area is 201 Å². The van der Waals surface area contributed by atoms with Crippen molar-refractivity contribution in [1.82, 2.24) is 9.55 Å². The first-order chi connectivity index (χ1) is 16.2. The molecule has 172 valence electrons. The number of rotatable bonds is 6. The molecule has 1 heterocycles. The topological polar surface area (TPSA) is 107 Å². The van der Waals surface area contributed by atoms with Crippen LogP contribution in [-0.4, -0.2) is 26.1 Å². The summed E-state index contributed by atoms with van der Waals surface area (Å²) in [5.74, 6) is -1.66. The number of aryl methyl sites for hydroxylation is 1. The summed E-state index contributed by atoms with van der Waals surface area (Å²) in [6.07, 6.45) is 0. The van der Waals surface area contributed by atoms with Gasteiger partial charge < -0.3 is 5.32 Å². The lowest BCUT2D eigenvalue weighted by Gasteiger charge is -2.14. The van der Waals surface area contributed by atoms with Crippen molar-refractivity contribution in [2.45, 2.75) is 12.1 Å². The van der Waals surface area contributed by atoms with E-state index in [-0.39, 0.29) is 27.8 Å². The molecule has 0 atom stereocenters. The van der Waals surface area contributed by atoms with Gasteiger partial charge in [-0.3, -0.25) is 24.3 Å². The maximum atomic E-state index is 14.0. The number of para-hydroxylation sites is 1. The highest BCUT2D eigenvalue weighted by molar-refractivity contribution is 7.99. The Balaban J connectivity index is 1.67. The molecule has 0 aliphatic heterocycles. The van der Waals surface area contributed by atoms with Crippen molar-refractivity contribution in [1.29, 1.82) is 0 Å². The van der Waals surface area contributed by atoms with Gasteiger partial charge in [0.2, 0.25) is 5.91 Å². The zero-order valence-corrected chi connectivity index (χ0v) is 19.2. The number of amides is 1. The van der Waals surface area contributed by atoms with Gasteiger partial charge in [0.1, 0.15) is 5.82 Å². The van der Waals surface area contributed by atoms with Crippen LogP contribution < -0.4 is 10.9 Å². The Morgan fingerprint density at radius 1 is 1.21 bits per heavy atom. The van der Waals surface area contributed by atoms with Crippen LogP contribution in [0.2, 0.25) is 5.02 Å². The van der Waals surface area contributed by atoms with E-state index in [1.807, 2.05) is 6.92 Å². The first kappa shape index (κ1) is 23.4. The van der Waals surface area contributed by atoms with Crippen LogP contribution in [0.4, 0.5) is 15.8 Å². The molecular weight excluding hydrogens is 483 g/mol. The molecule has 0 unspecified atom stereocenters. The van der Waals surface area contributed by atoms with E-state index in [0.717, 1.165) is 35.5 Å².